The van der Waals surface area contributed by atoms with Crippen LogP contribution in [0, 0.1) is 0 Å². The second-order valence-corrected chi connectivity index (χ2v) is 10.1. The van der Waals surface area contributed by atoms with Crippen LogP contribution in [0.3, 0.4) is 0 Å². The quantitative estimate of drug-likeness (QED) is 0.654. The minimum atomic E-state index is -0.516. The van der Waals surface area contributed by atoms with Gasteiger partial charge in [-0.1, -0.05) is 6.07 Å². The number of hydrogen-bond donors (Lipinski definition) is 0. The Balaban J connectivity index is 1.51. The number of aromatic nitrogens is 1. The van der Waals surface area contributed by atoms with Crippen molar-refractivity contribution in [3.63, 3.8) is 0 Å². The van der Waals surface area contributed by atoms with Crippen molar-refractivity contribution in [1.82, 2.24) is 4.57 Å². The monoisotopic (exact) mass is 383 g/mol. The van der Waals surface area contributed by atoms with Crippen LogP contribution in [0.25, 0.3) is 10.9 Å². The molecule has 2 aliphatic rings. The second kappa shape index (κ2) is 6.10. The first-order chi connectivity index (χ1) is 12.9. The SMILES string of the molecule is CC(C)(C)OC(=O)n1ccc2cc([C@H]3C[C@@H]3B3OC(C)(C)C(C)(C)O3)ccc21. The summed E-state index contributed by atoms with van der Waals surface area (Å²) in [6.45, 7) is 14.0. The van der Waals surface area contributed by atoms with Gasteiger partial charge in [0.25, 0.3) is 0 Å². The minimum Gasteiger partial charge on any atom is -0.443 e. The zero-order valence-electron chi connectivity index (χ0n) is 17.9. The first kappa shape index (κ1) is 19.5. The van der Waals surface area contributed by atoms with E-state index in [0.29, 0.717) is 11.7 Å². The Hall–Kier alpha value is -1.79. The van der Waals surface area contributed by atoms with Gasteiger partial charge in [0.1, 0.15) is 5.60 Å². The van der Waals surface area contributed by atoms with Crippen molar-refractivity contribution in [3.05, 3.63) is 36.0 Å². The minimum absolute atomic E-state index is 0.156. The lowest BCUT2D eigenvalue weighted by Crippen LogP contribution is -2.41. The molecule has 2 fully saturated rings. The summed E-state index contributed by atoms with van der Waals surface area (Å²) >= 11 is 0. The highest BCUT2D eigenvalue weighted by Crippen LogP contribution is 2.58. The zero-order chi connectivity index (χ0) is 20.5. The Morgan fingerprint density at radius 2 is 1.79 bits per heavy atom. The Bertz CT molecular complexity index is 908. The van der Waals surface area contributed by atoms with Crippen LogP contribution in [0.2, 0.25) is 5.82 Å². The van der Waals surface area contributed by atoms with E-state index in [0.717, 1.165) is 17.3 Å². The lowest BCUT2D eigenvalue weighted by Gasteiger charge is -2.32. The van der Waals surface area contributed by atoms with E-state index in [2.05, 4.69) is 39.8 Å². The molecule has 0 amide bonds. The molecule has 150 valence electrons. The van der Waals surface area contributed by atoms with Gasteiger partial charge in [0.2, 0.25) is 0 Å². The summed E-state index contributed by atoms with van der Waals surface area (Å²) in [4.78, 5) is 12.4. The molecule has 0 spiro atoms. The van der Waals surface area contributed by atoms with Crippen molar-refractivity contribution >= 4 is 24.1 Å². The highest BCUT2D eigenvalue weighted by Gasteiger charge is 2.59. The van der Waals surface area contributed by atoms with Crippen molar-refractivity contribution in [2.45, 2.75) is 83.4 Å². The Morgan fingerprint density at radius 1 is 1.14 bits per heavy atom. The average Bonchev–Trinajstić information content (AvgIpc) is 3.17. The predicted octanol–water partition coefficient (Wildman–Crippen LogP) is 5.37. The lowest BCUT2D eigenvalue weighted by molar-refractivity contribution is 0.00578. The normalized spacial score (nSPS) is 25.9. The molecule has 6 heteroatoms. The number of rotatable bonds is 2. The van der Waals surface area contributed by atoms with E-state index in [1.54, 1.807) is 10.8 Å². The summed E-state index contributed by atoms with van der Waals surface area (Å²) in [6, 6.07) is 8.26. The summed E-state index contributed by atoms with van der Waals surface area (Å²) < 4.78 is 19.5. The topological polar surface area (TPSA) is 49.7 Å². The molecule has 0 bridgehead atoms. The van der Waals surface area contributed by atoms with E-state index in [9.17, 15) is 4.79 Å². The Labute approximate surface area is 167 Å². The molecule has 1 aliphatic heterocycles. The fourth-order valence-corrected chi connectivity index (χ4v) is 3.82. The molecule has 1 aliphatic carbocycles. The van der Waals surface area contributed by atoms with Crippen molar-refractivity contribution in [3.8, 4) is 0 Å². The van der Waals surface area contributed by atoms with Gasteiger partial charge in [-0.2, -0.15) is 0 Å². The van der Waals surface area contributed by atoms with Crippen LogP contribution in [-0.2, 0) is 14.0 Å². The maximum absolute atomic E-state index is 12.4. The number of carbonyl (C=O) groups is 1. The largest absolute Gasteiger partial charge is 0.461 e. The molecule has 0 N–H and O–H groups in total. The maximum atomic E-state index is 12.4. The molecule has 28 heavy (non-hydrogen) atoms. The maximum Gasteiger partial charge on any atom is 0.461 e. The van der Waals surface area contributed by atoms with Crippen molar-refractivity contribution in [2.24, 2.45) is 0 Å². The Morgan fingerprint density at radius 3 is 2.39 bits per heavy atom. The summed E-state index contributed by atoms with van der Waals surface area (Å²) in [7, 11) is -0.156. The molecule has 0 unspecified atom stereocenters. The number of fused-ring (bicyclic) bond motifs is 1. The smallest absolute Gasteiger partial charge is 0.443 e. The van der Waals surface area contributed by atoms with Gasteiger partial charge in [0.05, 0.1) is 16.7 Å². The molecule has 4 rings (SSSR count). The van der Waals surface area contributed by atoms with Gasteiger partial charge in [-0.3, -0.25) is 4.57 Å². The highest BCUT2D eigenvalue weighted by molar-refractivity contribution is 6.49. The molecular formula is C22H30BNO4. The fourth-order valence-electron chi connectivity index (χ4n) is 3.82. The molecule has 1 aromatic carbocycles. The van der Waals surface area contributed by atoms with Gasteiger partial charge >= 0.3 is 13.2 Å². The van der Waals surface area contributed by atoms with Gasteiger partial charge < -0.3 is 14.0 Å². The molecule has 2 heterocycles. The predicted molar refractivity (Wildman–Crippen MR) is 111 cm³/mol. The van der Waals surface area contributed by atoms with Crippen LogP contribution in [0.4, 0.5) is 4.79 Å². The third-order valence-electron chi connectivity index (χ3n) is 6.19. The van der Waals surface area contributed by atoms with Gasteiger partial charge in [-0.05, 0) is 84.6 Å². The van der Waals surface area contributed by atoms with Crippen LogP contribution >= 0.6 is 0 Å². The van der Waals surface area contributed by atoms with E-state index >= 15 is 0 Å². The summed E-state index contributed by atoms with van der Waals surface area (Å²) in [5.41, 5.74) is 1.04. The van der Waals surface area contributed by atoms with E-state index in [1.807, 2.05) is 32.9 Å². The molecule has 1 saturated heterocycles. The van der Waals surface area contributed by atoms with Crippen LogP contribution in [0.15, 0.2) is 30.5 Å². The van der Waals surface area contributed by atoms with Crippen molar-refractivity contribution in [1.29, 1.82) is 0 Å². The molecule has 0 radical (unpaired) electrons. The second-order valence-electron chi connectivity index (χ2n) is 10.1. The standard InChI is InChI=1S/C22H30BNO4/c1-20(2,3)26-19(25)24-11-10-15-12-14(8-9-18(15)24)16-13-17(16)23-27-21(4,5)22(6,7)28-23/h8-12,16-17H,13H2,1-7H3/t16-,17+/m1/s1. The van der Waals surface area contributed by atoms with Crippen LogP contribution < -0.4 is 0 Å². The number of nitrogens with zero attached hydrogens (tertiary/aromatic N) is 1. The van der Waals surface area contributed by atoms with E-state index < -0.39 is 5.60 Å². The molecule has 5 nitrogen and oxygen atoms in total. The van der Waals surface area contributed by atoms with Gasteiger partial charge in [0.15, 0.2) is 0 Å². The number of ether oxygens (including phenoxy) is 1. The van der Waals surface area contributed by atoms with Gasteiger partial charge in [0, 0.05) is 17.4 Å². The first-order valence-corrected chi connectivity index (χ1v) is 10.1. The first-order valence-electron chi connectivity index (χ1n) is 10.1. The van der Waals surface area contributed by atoms with Crippen LogP contribution in [-0.4, -0.2) is 34.6 Å². The summed E-state index contributed by atoms with van der Waals surface area (Å²) in [5, 5.41) is 1.04. The molecule has 2 atom stereocenters. The molecule has 1 aromatic heterocycles. The van der Waals surface area contributed by atoms with Gasteiger partial charge in [-0.15, -0.1) is 0 Å². The van der Waals surface area contributed by atoms with Crippen molar-refractivity contribution < 1.29 is 18.8 Å². The van der Waals surface area contributed by atoms with Crippen LogP contribution in [0.5, 0.6) is 0 Å². The molecular weight excluding hydrogens is 353 g/mol. The van der Waals surface area contributed by atoms with E-state index in [-0.39, 0.29) is 24.4 Å². The number of hydrogen-bond acceptors (Lipinski definition) is 4. The van der Waals surface area contributed by atoms with E-state index in [4.69, 9.17) is 14.0 Å². The van der Waals surface area contributed by atoms with Gasteiger partial charge in [-0.25, -0.2) is 4.79 Å². The Kier molecular flexibility index (Phi) is 4.26. The third kappa shape index (κ3) is 3.37. The van der Waals surface area contributed by atoms with E-state index in [1.165, 1.54) is 5.56 Å². The molecule has 2 aromatic rings. The molecule has 1 saturated carbocycles. The fraction of sp³-hybridized carbons (Fsp3) is 0.591. The number of benzene rings is 1. The van der Waals surface area contributed by atoms with Crippen molar-refractivity contribution in [2.75, 3.05) is 0 Å². The highest BCUT2D eigenvalue weighted by atomic mass is 16.7. The lowest BCUT2D eigenvalue weighted by atomic mass is 9.79. The van der Waals surface area contributed by atoms with Crippen LogP contribution in [0.1, 0.15) is 66.4 Å². The summed E-state index contributed by atoms with van der Waals surface area (Å²) in [6.07, 6.45) is 2.49. The third-order valence-corrected chi connectivity index (χ3v) is 6.19. The summed E-state index contributed by atoms with van der Waals surface area (Å²) in [5.74, 6) is 0.815. The zero-order valence-corrected chi connectivity index (χ0v) is 17.9. The number of carbonyl (C=O) groups excluding carboxylic acids is 1. The average molecular weight is 383 g/mol.